The molecule has 3 aromatic rings. The largest absolute Gasteiger partial charge is 0.446 e. The van der Waals surface area contributed by atoms with Crippen molar-refractivity contribution in [1.82, 2.24) is 9.80 Å². The lowest BCUT2D eigenvalue weighted by Crippen LogP contribution is -2.36. The summed E-state index contributed by atoms with van der Waals surface area (Å²) >= 11 is 0. The van der Waals surface area contributed by atoms with Crippen LogP contribution in [0.25, 0.3) is 11.1 Å². The molecule has 0 bridgehead atoms. The van der Waals surface area contributed by atoms with E-state index in [1.165, 1.54) is 11.1 Å². The molecule has 2 fully saturated rings. The van der Waals surface area contributed by atoms with Gasteiger partial charge in [-0.2, -0.15) is 0 Å². The summed E-state index contributed by atoms with van der Waals surface area (Å²) in [5, 5.41) is 2.99. The van der Waals surface area contributed by atoms with Crippen molar-refractivity contribution >= 4 is 17.7 Å². The Morgan fingerprint density at radius 2 is 1.55 bits per heavy atom. The Kier molecular flexibility index (Phi) is 12.8. The van der Waals surface area contributed by atoms with Crippen LogP contribution in [0.4, 0.5) is 10.5 Å². The number of rotatable bonds is 16. The first kappa shape index (κ1) is 34.6. The third-order valence-corrected chi connectivity index (χ3v) is 9.38. The number of methoxy groups -OCH3 is 2. The van der Waals surface area contributed by atoms with E-state index in [4.69, 9.17) is 18.9 Å². The van der Waals surface area contributed by atoms with Crippen LogP contribution in [0.5, 0.6) is 0 Å². The number of benzene rings is 3. The van der Waals surface area contributed by atoms with Crippen LogP contribution in [0.3, 0.4) is 0 Å². The number of nitrogens with one attached hydrogen (secondary N) is 1. The monoisotopic (exact) mass is 643 g/mol. The van der Waals surface area contributed by atoms with Crippen LogP contribution in [0.15, 0.2) is 78.9 Å². The number of hydrogen-bond acceptors (Lipinski definition) is 7. The summed E-state index contributed by atoms with van der Waals surface area (Å²) in [5.74, 6) is 1.15. The average Bonchev–Trinajstić information content (AvgIpc) is 3.65. The molecule has 1 N–H and O–H groups in total. The van der Waals surface area contributed by atoms with Crippen LogP contribution in [0, 0.1) is 11.8 Å². The van der Waals surface area contributed by atoms with Gasteiger partial charge in [0.1, 0.15) is 6.10 Å². The molecule has 2 aliphatic rings. The molecule has 1 saturated carbocycles. The second kappa shape index (κ2) is 17.4. The number of nitrogens with zero attached hydrogens (tertiary/aromatic N) is 2. The first-order valence-electron chi connectivity index (χ1n) is 16.7. The van der Waals surface area contributed by atoms with Crippen LogP contribution in [0.2, 0.25) is 0 Å². The Morgan fingerprint density at radius 3 is 2.28 bits per heavy atom. The Morgan fingerprint density at radius 1 is 0.872 bits per heavy atom. The minimum Gasteiger partial charge on any atom is -0.446 e. The number of carbonyl (C=O) groups excluding carboxylic acids is 2. The van der Waals surface area contributed by atoms with Crippen molar-refractivity contribution in [3.05, 3.63) is 90.0 Å². The summed E-state index contributed by atoms with van der Waals surface area (Å²) in [4.78, 5) is 29.3. The van der Waals surface area contributed by atoms with E-state index in [0.29, 0.717) is 38.0 Å². The molecule has 5 rings (SSSR count). The van der Waals surface area contributed by atoms with Gasteiger partial charge in [-0.15, -0.1) is 0 Å². The van der Waals surface area contributed by atoms with Crippen molar-refractivity contribution in [3.8, 4) is 11.1 Å². The summed E-state index contributed by atoms with van der Waals surface area (Å²) in [6.07, 6.45) is 3.16. The van der Waals surface area contributed by atoms with Crippen molar-refractivity contribution in [2.45, 2.75) is 44.5 Å². The molecule has 1 heterocycles. The van der Waals surface area contributed by atoms with Crippen molar-refractivity contribution in [2.75, 3.05) is 66.0 Å². The van der Waals surface area contributed by atoms with Crippen molar-refractivity contribution < 1.29 is 28.5 Å². The second-order valence-electron chi connectivity index (χ2n) is 12.7. The van der Waals surface area contributed by atoms with E-state index >= 15 is 0 Å². The van der Waals surface area contributed by atoms with E-state index < -0.39 is 6.29 Å². The summed E-state index contributed by atoms with van der Waals surface area (Å²) in [5.41, 5.74) is 5.38. The van der Waals surface area contributed by atoms with Crippen LogP contribution in [-0.2, 0) is 36.6 Å². The minimum absolute atomic E-state index is 0.00591. The number of fused-ring (bicyclic) bond motifs is 1. The van der Waals surface area contributed by atoms with Gasteiger partial charge >= 0.3 is 6.09 Å². The smallest absolute Gasteiger partial charge is 0.411 e. The molecule has 0 spiro atoms. The van der Waals surface area contributed by atoms with E-state index in [-0.39, 0.29) is 18.1 Å². The first-order chi connectivity index (χ1) is 22.9. The number of anilines is 1. The third kappa shape index (κ3) is 10.1. The Bertz CT molecular complexity index is 1420. The molecule has 3 aromatic carbocycles. The highest BCUT2D eigenvalue weighted by atomic mass is 16.7. The van der Waals surface area contributed by atoms with Gasteiger partial charge in [0, 0.05) is 46.5 Å². The molecule has 3 atom stereocenters. The maximum Gasteiger partial charge on any atom is 0.411 e. The number of para-hydroxylation sites is 1. The van der Waals surface area contributed by atoms with Gasteiger partial charge in [-0.1, -0.05) is 72.8 Å². The van der Waals surface area contributed by atoms with Crippen LogP contribution >= 0.6 is 0 Å². The lowest BCUT2D eigenvalue weighted by molar-refractivity contribution is -0.143. The summed E-state index contributed by atoms with van der Waals surface area (Å²) < 4.78 is 22.0. The number of carbonyl (C=O) groups is 2. The molecular weight excluding hydrogens is 594 g/mol. The predicted molar refractivity (Wildman–Crippen MR) is 183 cm³/mol. The van der Waals surface area contributed by atoms with Gasteiger partial charge in [-0.05, 0) is 60.3 Å². The lowest BCUT2D eigenvalue weighted by Gasteiger charge is -2.22. The fourth-order valence-electron chi connectivity index (χ4n) is 6.81. The van der Waals surface area contributed by atoms with E-state index in [9.17, 15) is 9.59 Å². The molecule has 1 saturated heterocycles. The summed E-state index contributed by atoms with van der Waals surface area (Å²) in [7, 11) is 4.87. The molecule has 1 aliphatic heterocycles. The highest BCUT2D eigenvalue weighted by molar-refractivity contribution is 5.91. The topological polar surface area (TPSA) is 89.6 Å². The zero-order chi connectivity index (χ0) is 33.0. The number of likely N-dealkylation sites (N-methyl/N-ethyl adjacent to an activating group) is 1. The number of likely N-dealkylation sites (tertiary alicyclic amines) is 1. The molecule has 252 valence electrons. The molecule has 1 unspecified atom stereocenters. The minimum atomic E-state index is -0.427. The van der Waals surface area contributed by atoms with E-state index in [1.54, 1.807) is 26.2 Å². The molecule has 0 aromatic heterocycles. The molecule has 9 heteroatoms. The number of ether oxygens (including phenoxy) is 4. The van der Waals surface area contributed by atoms with Gasteiger partial charge in [0.05, 0.1) is 31.9 Å². The highest BCUT2D eigenvalue weighted by Gasteiger charge is 2.42. The second-order valence-corrected chi connectivity index (χ2v) is 12.7. The Labute approximate surface area is 279 Å². The fraction of sp³-hybridized carbons (Fsp3) is 0.474. The quantitative estimate of drug-likeness (QED) is 0.154. The van der Waals surface area contributed by atoms with E-state index in [2.05, 4.69) is 34.5 Å². The molecule has 1 aliphatic carbocycles. The van der Waals surface area contributed by atoms with Gasteiger partial charge in [-0.25, -0.2) is 4.79 Å². The molecule has 0 radical (unpaired) electrons. The fourth-order valence-corrected chi connectivity index (χ4v) is 6.81. The van der Waals surface area contributed by atoms with Crippen LogP contribution in [0.1, 0.15) is 30.4 Å². The molecule has 47 heavy (non-hydrogen) atoms. The number of hydrogen-bond donors (Lipinski definition) is 1. The predicted octanol–water partition coefficient (Wildman–Crippen LogP) is 5.88. The van der Waals surface area contributed by atoms with E-state index in [1.807, 2.05) is 54.6 Å². The number of amides is 2. The lowest BCUT2D eigenvalue weighted by atomic mass is 10.0. The normalized spacial score (nSPS) is 19.1. The van der Waals surface area contributed by atoms with Crippen LogP contribution < -0.4 is 5.32 Å². The zero-order valence-electron chi connectivity index (χ0n) is 27.9. The molecular formula is C38H49N3O6. The zero-order valence-corrected chi connectivity index (χ0v) is 27.9. The van der Waals surface area contributed by atoms with Crippen molar-refractivity contribution in [2.24, 2.45) is 11.8 Å². The highest BCUT2D eigenvalue weighted by Crippen LogP contribution is 2.39. The Balaban J connectivity index is 0.979. The maximum absolute atomic E-state index is 12.8. The molecule has 2 amide bonds. The summed E-state index contributed by atoms with van der Waals surface area (Å²) in [6.45, 7) is 4.50. The van der Waals surface area contributed by atoms with Gasteiger partial charge in [0.25, 0.3) is 0 Å². The Hall–Kier alpha value is -3.76. The summed E-state index contributed by atoms with van der Waals surface area (Å²) in [6, 6.07) is 26.6. The van der Waals surface area contributed by atoms with E-state index in [0.717, 1.165) is 62.1 Å². The van der Waals surface area contributed by atoms with Gasteiger partial charge in [-0.3, -0.25) is 10.1 Å². The standard InChI is InChI=1S/C38H49N3O6/c1-40(27-37(44-2)45-3)36(42)18-21-46-20-17-29-11-9-10-28(22-29)16-19-41-25-31-23-33(24-32(31)26-41)47-38(43)39-35-15-8-7-14-34(35)30-12-5-4-6-13-30/h4-15,22,31-33,37H,16-21,23-27H2,1-3H3,(H,39,43)/t31-,32+,33?. The SMILES string of the molecule is COC(CN(C)C(=O)CCOCCc1cccc(CCN2C[C@H]3CC(OC(=O)Nc4ccccc4-c4ccccc4)C[C@H]3C2)c1)OC. The first-order valence-corrected chi connectivity index (χ1v) is 16.7. The van der Waals surface area contributed by atoms with Crippen molar-refractivity contribution in [3.63, 3.8) is 0 Å². The van der Waals surface area contributed by atoms with Gasteiger partial charge in [0.15, 0.2) is 6.29 Å². The van der Waals surface area contributed by atoms with Crippen LogP contribution in [-0.4, -0.2) is 94.9 Å². The van der Waals surface area contributed by atoms with Crippen molar-refractivity contribution in [1.29, 1.82) is 0 Å². The maximum atomic E-state index is 12.8. The average molecular weight is 644 g/mol. The molecule has 9 nitrogen and oxygen atoms in total. The van der Waals surface area contributed by atoms with Gasteiger partial charge < -0.3 is 28.7 Å². The third-order valence-electron chi connectivity index (χ3n) is 9.38. The van der Waals surface area contributed by atoms with Gasteiger partial charge in [0.2, 0.25) is 5.91 Å².